The van der Waals surface area contributed by atoms with Gasteiger partial charge in [-0.15, -0.1) is 0 Å². The molecule has 0 bridgehead atoms. The lowest BCUT2D eigenvalue weighted by atomic mass is 9.61. The van der Waals surface area contributed by atoms with Crippen LogP contribution in [0.1, 0.15) is 85.5 Å². The van der Waals surface area contributed by atoms with E-state index in [1.807, 2.05) is 0 Å². The normalized spacial score (nSPS) is 27.8. The Hall–Kier alpha value is -1.65. The summed E-state index contributed by atoms with van der Waals surface area (Å²) < 4.78 is 4.69. The highest BCUT2D eigenvalue weighted by Crippen LogP contribution is 2.49. The molecule has 1 fully saturated rings. The zero-order valence-electron chi connectivity index (χ0n) is 18.6. The lowest BCUT2D eigenvalue weighted by molar-refractivity contribution is -0.151. The fourth-order valence-electron chi connectivity index (χ4n) is 4.40. The maximum Gasteiger partial charge on any atom is 0.333 e. The number of ether oxygens (including phenoxy) is 1. The molecule has 4 nitrogen and oxygen atoms in total. The van der Waals surface area contributed by atoms with Crippen molar-refractivity contribution in [1.82, 2.24) is 0 Å². The Balaban J connectivity index is 1.76. The van der Waals surface area contributed by atoms with Crippen molar-refractivity contribution in [3.63, 3.8) is 0 Å². The quantitative estimate of drug-likeness (QED) is 0.394. The lowest BCUT2D eigenvalue weighted by Gasteiger charge is -2.48. The molecule has 2 N–H and O–H groups in total. The average Bonchev–Trinajstić information content (AvgIpc) is 2.95. The van der Waals surface area contributed by atoms with Crippen molar-refractivity contribution in [3.05, 3.63) is 47.1 Å². The molecular weight excluding hydrogens is 364 g/mol. The molecule has 0 aromatic heterocycles. The van der Waals surface area contributed by atoms with E-state index < -0.39 is 17.9 Å². The third-order valence-electron chi connectivity index (χ3n) is 6.67. The summed E-state index contributed by atoms with van der Waals surface area (Å²) in [6, 6.07) is 0. The van der Waals surface area contributed by atoms with E-state index in [0.29, 0.717) is 12.0 Å². The van der Waals surface area contributed by atoms with Gasteiger partial charge in [-0.1, -0.05) is 43.7 Å². The number of carbonyl (C=O) groups is 1. The first-order chi connectivity index (χ1) is 13.5. The Morgan fingerprint density at radius 2 is 1.90 bits per heavy atom. The van der Waals surface area contributed by atoms with Crippen LogP contribution in [0.2, 0.25) is 0 Å². The SMILES string of the molecule is C=C1CCCC(C)(C)[C@]1(O)CCC(C)=CCCC(C)=CCCC1=CC(=O)O[C@H]1O. The highest BCUT2D eigenvalue weighted by molar-refractivity contribution is 5.85. The van der Waals surface area contributed by atoms with Gasteiger partial charge in [-0.05, 0) is 82.6 Å². The predicted molar refractivity (Wildman–Crippen MR) is 117 cm³/mol. The van der Waals surface area contributed by atoms with Gasteiger partial charge in [0.05, 0.1) is 5.60 Å². The Labute approximate surface area is 176 Å². The third kappa shape index (κ3) is 6.16. The first-order valence-corrected chi connectivity index (χ1v) is 10.9. The maximum atomic E-state index is 11.3. The van der Waals surface area contributed by atoms with Gasteiger partial charge in [-0.3, -0.25) is 0 Å². The number of esters is 1. The molecule has 0 spiro atoms. The number of hydrogen-bond donors (Lipinski definition) is 2. The Kier molecular flexibility index (Phi) is 8.07. The summed E-state index contributed by atoms with van der Waals surface area (Å²) in [6.45, 7) is 12.7. The summed E-state index contributed by atoms with van der Waals surface area (Å²) in [5.74, 6) is -0.460. The molecule has 0 aromatic carbocycles. The average molecular weight is 403 g/mol. The van der Waals surface area contributed by atoms with Crippen molar-refractivity contribution in [3.8, 4) is 0 Å². The van der Waals surface area contributed by atoms with E-state index in [4.69, 9.17) is 0 Å². The molecule has 4 heteroatoms. The van der Waals surface area contributed by atoms with E-state index in [9.17, 15) is 15.0 Å². The minimum absolute atomic E-state index is 0.111. The molecule has 29 heavy (non-hydrogen) atoms. The zero-order chi connectivity index (χ0) is 21.7. The molecular formula is C25H38O4. The summed E-state index contributed by atoms with van der Waals surface area (Å²) in [5.41, 5.74) is 3.39. The van der Waals surface area contributed by atoms with Crippen LogP contribution in [0.15, 0.2) is 47.1 Å². The van der Waals surface area contributed by atoms with E-state index in [1.54, 1.807) is 0 Å². The van der Waals surface area contributed by atoms with Gasteiger partial charge in [0.1, 0.15) is 0 Å². The summed E-state index contributed by atoms with van der Waals surface area (Å²) in [5, 5.41) is 20.8. The number of allylic oxidation sites excluding steroid dienone is 4. The molecule has 0 saturated heterocycles. The van der Waals surface area contributed by atoms with Crippen LogP contribution in [-0.2, 0) is 9.53 Å². The van der Waals surface area contributed by atoms with Crippen molar-refractivity contribution in [2.75, 3.05) is 0 Å². The minimum atomic E-state index is -1.07. The molecule has 2 aliphatic rings. The second-order valence-electron chi connectivity index (χ2n) is 9.39. The van der Waals surface area contributed by atoms with Gasteiger partial charge in [0, 0.05) is 11.6 Å². The van der Waals surface area contributed by atoms with Gasteiger partial charge in [0.2, 0.25) is 6.29 Å². The lowest BCUT2D eigenvalue weighted by Crippen LogP contribution is -2.48. The van der Waals surface area contributed by atoms with Crippen molar-refractivity contribution in [1.29, 1.82) is 0 Å². The van der Waals surface area contributed by atoms with E-state index in [2.05, 4.69) is 51.2 Å². The van der Waals surface area contributed by atoms with Crippen molar-refractivity contribution in [2.45, 2.75) is 97.4 Å². The number of aliphatic hydroxyl groups is 2. The van der Waals surface area contributed by atoms with Crippen LogP contribution in [-0.4, -0.2) is 28.1 Å². The van der Waals surface area contributed by atoms with Crippen LogP contribution >= 0.6 is 0 Å². The summed E-state index contributed by atoms with van der Waals surface area (Å²) in [7, 11) is 0. The third-order valence-corrected chi connectivity index (χ3v) is 6.67. The molecule has 0 aromatic rings. The van der Waals surface area contributed by atoms with Crippen molar-refractivity contribution >= 4 is 5.97 Å². The summed E-state index contributed by atoms with van der Waals surface area (Å²) >= 11 is 0. The van der Waals surface area contributed by atoms with Crippen LogP contribution in [0, 0.1) is 5.41 Å². The predicted octanol–water partition coefficient (Wildman–Crippen LogP) is 5.52. The molecule has 2 rings (SSSR count). The standard InChI is InChI=1S/C25H38O4/c1-18(11-7-13-21-17-22(26)29-23(21)27)9-6-10-19(2)14-16-25(28)20(3)12-8-15-24(25,4)5/h10-11,17,23,27-28H,3,6-9,12-16H2,1-2,4-5H3/t23-,25+/m1/s1. The molecule has 0 radical (unpaired) electrons. The van der Waals surface area contributed by atoms with Crippen LogP contribution in [0.4, 0.5) is 0 Å². The van der Waals surface area contributed by atoms with Crippen LogP contribution in [0.25, 0.3) is 0 Å². The number of rotatable bonds is 9. The zero-order valence-corrected chi connectivity index (χ0v) is 18.6. The largest absolute Gasteiger partial charge is 0.429 e. The minimum Gasteiger partial charge on any atom is -0.429 e. The number of cyclic esters (lactones) is 1. The van der Waals surface area contributed by atoms with Crippen LogP contribution in [0.5, 0.6) is 0 Å². The molecule has 1 aliphatic carbocycles. The summed E-state index contributed by atoms with van der Waals surface area (Å²) in [6.07, 6.45) is 12.9. The first-order valence-electron chi connectivity index (χ1n) is 10.9. The van der Waals surface area contributed by atoms with Crippen molar-refractivity contribution < 1.29 is 19.7 Å². The molecule has 1 heterocycles. The van der Waals surface area contributed by atoms with Gasteiger partial charge in [-0.2, -0.15) is 0 Å². The highest BCUT2D eigenvalue weighted by atomic mass is 16.6. The fraction of sp³-hybridized carbons (Fsp3) is 0.640. The molecule has 2 atom stereocenters. The van der Waals surface area contributed by atoms with Crippen molar-refractivity contribution in [2.24, 2.45) is 5.41 Å². The highest BCUT2D eigenvalue weighted by Gasteiger charge is 2.46. The van der Waals surface area contributed by atoms with E-state index in [0.717, 1.165) is 56.9 Å². The number of aliphatic hydroxyl groups excluding tert-OH is 1. The van der Waals surface area contributed by atoms with Crippen LogP contribution in [0.3, 0.4) is 0 Å². The first kappa shape index (κ1) is 23.6. The molecule has 0 amide bonds. The van der Waals surface area contributed by atoms with Gasteiger partial charge in [-0.25, -0.2) is 4.79 Å². The van der Waals surface area contributed by atoms with E-state index in [1.165, 1.54) is 17.2 Å². The van der Waals surface area contributed by atoms with Gasteiger partial charge >= 0.3 is 5.97 Å². The molecule has 0 unspecified atom stereocenters. The molecule has 1 aliphatic heterocycles. The van der Waals surface area contributed by atoms with E-state index >= 15 is 0 Å². The monoisotopic (exact) mass is 402 g/mol. The fourth-order valence-corrected chi connectivity index (χ4v) is 4.40. The van der Waals surface area contributed by atoms with Gasteiger partial charge in [0.15, 0.2) is 0 Å². The van der Waals surface area contributed by atoms with Gasteiger partial charge < -0.3 is 14.9 Å². The second kappa shape index (κ2) is 9.90. The summed E-state index contributed by atoms with van der Waals surface area (Å²) in [4.78, 5) is 11.1. The molecule has 1 saturated carbocycles. The number of hydrogen-bond acceptors (Lipinski definition) is 4. The second-order valence-corrected chi connectivity index (χ2v) is 9.39. The Bertz CT molecular complexity index is 710. The smallest absolute Gasteiger partial charge is 0.333 e. The Morgan fingerprint density at radius 1 is 1.24 bits per heavy atom. The van der Waals surface area contributed by atoms with E-state index in [-0.39, 0.29) is 5.41 Å². The van der Waals surface area contributed by atoms with Gasteiger partial charge in [0.25, 0.3) is 0 Å². The Morgan fingerprint density at radius 3 is 2.52 bits per heavy atom. The van der Waals surface area contributed by atoms with Crippen LogP contribution < -0.4 is 0 Å². The maximum absolute atomic E-state index is 11.3. The topological polar surface area (TPSA) is 66.8 Å². The number of carbonyl (C=O) groups excluding carboxylic acids is 1. The molecule has 162 valence electrons.